The van der Waals surface area contributed by atoms with Crippen molar-refractivity contribution in [1.29, 1.82) is 0 Å². The molecule has 0 aliphatic carbocycles. The Balaban J connectivity index is 1.19. The highest BCUT2D eigenvalue weighted by atomic mass is 16.5. The highest BCUT2D eigenvalue weighted by Gasteiger charge is 2.48. The van der Waals surface area contributed by atoms with E-state index in [9.17, 15) is 9.59 Å². The lowest BCUT2D eigenvalue weighted by Gasteiger charge is -2.49. The van der Waals surface area contributed by atoms with E-state index in [4.69, 9.17) is 4.74 Å². The molecule has 2 aliphatic rings. The van der Waals surface area contributed by atoms with Crippen molar-refractivity contribution in [3.05, 3.63) is 113 Å². The lowest BCUT2D eigenvalue weighted by Crippen LogP contribution is -2.63. The Hall–Kier alpha value is -4.58. The highest BCUT2D eigenvalue weighted by molar-refractivity contribution is 5.94. The van der Waals surface area contributed by atoms with Gasteiger partial charge in [0, 0.05) is 36.1 Å². The maximum Gasteiger partial charge on any atom is 0.245 e. The topological polar surface area (TPSA) is 65.6 Å². The summed E-state index contributed by atoms with van der Waals surface area (Å²) in [4.78, 5) is 35.4. The van der Waals surface area contributed by atoms with Crippen LogP contribution in [0.1, 0.15) is 28.4 Å². The molecule has 0 radical (unpaired) electrons. The van der Waals surface area contributed by atoms with Gasteiger partial charge in [-0.3, -0.25) is 9.59 Å². The second-order valence-electron chi connectivity index (χ2n) is 10.8. The van der Waals surface area contributed by atoms with Crippen molar-refractivity contribution >= 4 is 33.5 Å². The van der Waals surface area contributed by atoms with Crippen LogP contribution in [-0.2, 0) is 28.9 Å². The van der Waals surface area contributed by atoms with E-state index in [1.54, 1.807) is 7.11 Å². The second kappa shape index (κ2) is 9.87. The molecule has 1 N–H and O–H groups in total. The number of hydrogen-bond donors (Lipinski definition) is 1. The van der Waals surface area contributed by atoms with Crippen LogP contribution in [0.15, 0.2) is 91.0 Å². The number of aromatic amines is 1. The largest absolute Gasteiger partial charge is 0.497 e. The third-order valence-electron chi connectivity index (χ3n) is 8.53. The normalized spacial score (nSPS) is 18.3. The third-order valence-corrected chi connectivity index (χ3v) is 8.53. The summed E-state index contributed by atoms with van der Waals surface area (Å²) < 4.78 is 5.28. The molecular formula is C34H31N3O3. The summed E-state index contributed by atoms with van der Waals surface area (Å²) in [6.07, 6.45) is 1.55. The quantitative estimate of drug-likeness (QED) is 0.318. The number of hydrogen-bond acceptors (Lipinski definition) is 3. The molecule has 200 valence electrons. The fraction of sp³-hybridized carbons (Fsp3) is 0.235. The number of benzene rings is 4. The Morgan fingerprint density at radius 3 is 2.48 bits per heavy atom. The van der Waals surface area contributed by atoms with Gasteiger partial charge in [-0.15, -0.1) is 0 Å². The van der Waals surface area contributed by atoms with Gasteiger partial charge in [0.15, 0.2) is 0 Å². The molecule has 40 heavy (non-hydrogen) atoms. The van der Waals surface area contributed by atoms with Crippen LogP contribution in [0.25, 0.3) is 21.7 Å². The minimum Gasteiger partial charge on any atom is -0.497 e. The van der Waals surface area contributed by atoms with Crippen LogP contribution in [0.2, 0.25) is 0 Å². The van der Waals surface area contributed by atoms with Gasteiger partial charge in [0.25, 0.3) is 0 Å². The standard InChI is InChI=1S/C34H31N3O3/c1-40-26-14-11-22(12-15-26)16-17-36-21-31-33-28(27-8-4-5-9-29(27)35-33)20-30(34(36)39)37(31)32(38)19-23-10-13-24-6-2-3-7-25(24)18-23/h2-15,18,30-31,35H,16-17,19-21H2,1H3/t30?,31-/m1/s1. The van der Waals surface area contributed by atoms with E-state index < -0.39 is 6.04 Å². The number of carbonyl (C=O) groups excluding carboxylic acids is 2. The first-order chi connectivity index (χ1) is 19.6. The zero-order chi connectivity index (χ0) is 27.2. The van der Waals surface area contributed by atoms with Gasteiger partial charge < -0.3 is 19.5 Å². The van der Waals surface area contributed by atoms with E-state index in [1.165, 1.54) is 5.56 Å². The Morgan fingerprint density at radius 1 is 0.900 bits per heavy atom. The van der Waals surface area contributed by atoms with Crippen LogP contribution in [0.3, 0.4) is 0 Å². The number of methoxy groups -OCH3 is 1. The van der Waals surface area contributed by atoms with Gasteiger partial charge in [-0.2, -0.15) is 0 Å². The summed E-state index contributed by atoms with van der Waals surface area (Å²) in [6, 6.07) is 29.9. The van der Waals surface area contributed by atoms with Crippen molar-refractivity contribution in [1.82, 2.24) is 14.8 Å². The van der Waals surface area contributed by atoms with Gasteiger partial charge in [-0.25, -0.2) is 0 Å². The van der Waals surface area contributed by atoms with Crippen molar-refractivity contribution in [3.63, 3.8) is 0 Å². The summed E-state index contributed by atoms with van der Waals surface area (Å²) in [5.41, 5.74) is 5.40. The summed E-state index contributed by atoms with van der Waals surface area (Å²) in [5.74, 6) is 0.851. The van der Waals surface area contributed by atoms with Crippen molar-refractivity contribution in [2.75, 3.05) is 20.2 Å². The highest BCUT2D eigenvalue weighted by Crippen LogP contribution is 2.41. The van der Waals surface area contributed by atoms with Crippen LogP contribution < -0.4 is 4.74 Å². The van der Waals surface area contributed by atoms with Crippen molar-refractivity contribution in [3.8, 4) is 5.75 Å². The summed E-state index contributed by atoms with van der Waals surface area (Å²) in [6.45, 7) is 1.09. The molecule has 2 bridgehead atoms. The molecule has 6 nitrogen and oxygen atoms in total. The minimum atomic E-state index is -0.505. The maximum atomic E-state index is 14.0. The van der Waals surface area contributed by atoms with Crippen molar-refractivity contribution < 1.29 is 14.3 Å². The number of ether oxygens (including phenoxy) is 1. The van der Waals surface area contributed by atoms with Gasteiger partial charge in [-0.05, 0) is 52.1 Å². The lowest BCUT2D eigenvalue weighted by molar-refractivity contribution is -0.157. The molecule has 2 aliphatic heterocycles. The lowest BCUT2D eigenvalue weighted by atomic mass is 9.87. The maximum absolute atomic E-state index is 14.0. The summed E-state index contributed by atoms with van der Waals surface area (Å²) >= 11 is 0. The van der Waals surface area contributed by atoms with Gasteiger partial charge in [0.2, 0.25) is 11.8 Å². The smallest absolute Gasteiger partial charge is 0.245 e. The van der Waals surface area contributed by atoms with E-state index in [2.05, 4.69) is 41.4 Å². The number of nitrogens with zero attached hydrogens (tertiary/aromatic N) is 2. The number of rotatable bonds is 6. The van der Waals surface area contributed by atoms with Crippen LogP contribution in [-0.4, -0.2) is 52.8 Å². The third kappa shape index (κ3) is 4.20. The van der Waals surface area contributed by atoms with E-state index in [-0.39, 0.29) is 24.3 Å². The van der Waals surface area contributed by atoms with Crippen LogP contribution in [0.4, 0.5) is 0 Å². The number of nitrogens with one attached hydrogen (secondary N) is 1. The van der Waals surface area contributed by atoms with Gasteiger partial charge >= 0.3 is 0 Å². The average molecular weight is 530 g/mol. The molecule has 0 saturated carbocycles. The fourth-order valence-corrected chi connectivity index (χ4v) is 6.49. The molecule has 0 spiro atoms. The molecule has 1 unspecified atom stereocenters. The van der Waals surface area contributed by atoms with Crippen LogP contribution >= 0.6 is 0 Å². The predicted molar refractivity (Wildman–Crippen MR) is 156 cm³/mol. The molecule has 7 rings (SSSR count). The van der Waals surface area contributed by atoms with E-state index in [0.717, 1.165) is 50.7 Å². The average Bonchev–Trinajstić information content (AvgIpc) is 3.36. The molecule has 1 saturated heterocycles. The second-order valence-corrected chi connectivity index (χ2v) is 10.8. The molecule has 2 atom stereocenters. The van der Waals surface area contributed by atoms with Crippen LogP contribution in [0, 0.1) is 0 Å². The van der Waals surface area contributed by atoms with E-state index >= 15 is 0 Å². The first kappa shape index (κ1) is 24.5. The molecule has 3 heterocycles. The number of aromatic nitrogens is 1. The molecule has 5 aromatic rings. The molecule has 1 aromatic heterocycles. The van der Waals surface area contributed by atoms with E-state index in [1.807, 2.05) is 64.4 Å². The zero-order valence-corrected chi connectivity index (χ0v) is 22.5. The van der Waals surface area contributed by atoms with Gasteiger partial charge in [0.1, 0.15) is 11.8 Å². The first-order valence-corrected chi connectivity index (χ1v) is 13.9. The van der Waals surface area contributed by atoms with Crippen molar-refractivity contribution in [2.24, 2.45) is 0 Å². The Kier molecular flexibility index (Phi) is 6.03. The number of para-hydroxylation sites is 1. The fourth-order valence-electron chi connectivity index (χ4n) is 6.49. The van der Waals surface area contributed by atoms with Crippen molar-refractivity contribution in [2.45, 2.75) is 31.3 Å². The van der Waals surface area contributed by atoms with Gasteiger partial charge in [-0.1, -0.05) is 72.8 Å². The number of fused-ring (bicyclic) bond motifs is 7. The molecule has 1 fully saturated rings. The Morgan fingerprint density at radius 2 is 1.65 bits per heavy atom. The monoisotopic (exact) mass is 529 g/mol. The summed E-state index contributed by atoms with van der Waals surface area (Å²) in [7, 11) is 1.66. The Bertz CT molecular complexity index is 1740. The first-order valence-electron chi connectivity index (χ1n) is 13.9. The Labute approximate surface area is 233 Å². The number of piperazine rings is 1. The van der Waals surface area contributed by atoms with Gasteiger partial charge in [0.05, 0.1) is 19.6 Å². The van der Waals surface area contributed by atoms with E-state index in [0.29, 0.717) is 19.5 Å². The number of amides is 2. The van der Waals surface area contributed by atoms with Crippen LogP contribution in [0.5, 0.6) is 5.75 Å². The molecular weight excluding hydrogens is 498 g/mol. The molecule has 4 aromatic carbocycles. The molecule has 2 amide bonds. The number of carbonyl (C=O) groups is 2. The minimum absolute atomic E-state index is 0.00209. The number of H-pyrrole nitrogens is 1. The molecule has 6 heteroatoms. The zero-order valence-electron chi connectivity index (χ0n) is 22.5. The summed E-state index contributed by atoms with van der Waals surface area (Å²) in [5, 5.41) is 3.41. The SMILES string of the molecule is COc1ccc(CCN2C[C@@H]3c4[nH]c5ccccc5c4CC(C2=O)N3C(=O)Cc2ccc3ccccc3c2)cc1. The predicted octanol–water partition coefficient (Wildman–Crippen LogP) is 5.45.